The highest BCUT2D eigenvalue weighted by molar-refractivity contribution is 6.02. The van der Waals surface area contributed by atoms with Crippen LogP contribution in [0.5, 0.6) is 0 Å². The zero-order valence-corrected chi connectivity index (χ0v) is 27.8. The highest BCUT2D eigenvalue weighted by Crippen LogP contribution is 2.42. The zero-order valence-electron chi connectivity index (χ0n) is 27.8. The van der Waals surface area contributed by atoms with Gasteiger partial charge in [-0.3, -0.25) is 14.5 Å². The first kappa shape index (κ1) is 31.5. The monoisotopic (exact) mass is 636 g/mol. The molecule has 1 amide bonds. The zero-order chi connectivity index (χ0) is 32.1. The van der Waals surface area contributed by atoms with Gasteiger partial charge in [-0.15, -0.1) is 0 Å². The molecule has 2 aromatic rings. The molecule has 250 valence electrons. The summed E-state index contributed by atoms with van der Waals surface area (Å²) >= 11 is 0. The van der Waals surface area contributed by atoms with Crippen molar-refractivity contribution >= 4 is 17.4 Å². The molecule has 0 aliphatic carbocycles. The Hall–Kier alpha value is -3.05. The van der Waals surface area contributed by atoms with Gasteiger partial charge in [-0.05, 0) is 86.2 Å². The molecule has 3 fully saturated rings. The van der Waals surface area contributed by atoms with Crippen LogP contribution in [-0.4, -0.2) is 101 Å². The van der Waals surface area contributed by atoms with Crippen LogP contribution < -0.4 is 10.2 Å². The molecule has 46 heavy (non-hydrogen) atoms. The fraction of sp³-hybridized carbons (Fsp3) is 0.686. The Labute approximate surface area is 272 Å². The normalized spacial score (nSPS) is 29.2. The number of aryl methyl sites for hydroxylation is 2. The number of hydrogen-bond donors (Lipinski definition) is 1. The lowest BCUT2D eigenvalue weighted by atomic mass is 9.79. The molecule has 5 aliphatic rings. The second-order valence-corrected chi connectivity index (χ2v) is 14.6. The number of nitrogens with zero attached hydrogens (tertiary/aromatic N) is 7. The molecular formula is C35H50F2N8O. The van der Waals surface area contributed by atoms with Crippen LogP contribution in [0, 0.1) is 23.7 Å². The van der Waals surface area contributed by atoms with Gasteiger partial charge in [-0.25, -0.2) is 8.78 Å². The van der Waals surface area contributed by atoms with Gasteiger partial charge in [0, 0.05) is 82.3 Å². The fourth-order valence-electron chi connectivity index (χ4n) is 8.97. The van der Waals surface area contributed by atoms with E-state index >= 15 is 0 Å². The molecule has 4 unspecified atom stereocenters. The summed E-state index contributed by atoms with van der Waals surface area (Å²) in [5.74, 6) is 3.21. The first-order chi connectivity index (χ1) is 22.2. The van der Waals surface area contributed by atoms with Gasteiger partial charge in [-0.2, -0.15) is 10.2 Å². The lowest BCUT2D eigenvalue weighted by Gasteiger charge is -2.44. The minimum atomic E-state index is -2.61. The summed E-state index contributed by atoms with van der Waals surface area (Å²) < 4.78 is 30.8. The molecule has 1 N–H and O–H groups in total. The Kier molecular flexibility index (Phi) is 8.82. The van der Waals surface area contributed by atoms with Gasteiger partial charge in [0.05, 0.1) is 18.2 Å². The van der Waals surface area contributed by atoms with Crippen molar-refractivity contribution in [1.82, 2.24) is 29.9 Å². The second kappa shape index (κ2) is 12.9. The number of alkyl halides is 2. The maximum absolute atomic E-state index is 14.6. The summed E-state index contributed by atoms with van der Waals surface area (Å²) in [5.41, 5.74) is 3.21. The molecule has 11 heteroatoms. The summed E-state index contributed by atoms with van der Waals surface area (Å²) in [6, 6.07) is 4.23. The summed E-state index contributed by atoms with van der Waals surface area (Å²) in [6.45, 7) is 14.1. The first-order valence-corrected chi connectivity index (χ1v) is 17.4. The summed E-state index contributed by atoms with van der Waals surface area (Å²) in [6.07, 6.45) is 5.64. The molecule has 6 heterocycles. The molecular weight excluding hydrogens is 586 g/mol. The van der Waals surface area contributed by atoms with E-state index in [9.17, 15) is 13.6 Å². The number of aromatic nitrogens is 2. The summed E-state index contributed by atoms with van der Waals surface area (Å²) in [7, 11) is 1.81. The number of amides is 1. The summed E-state index contributed by atoms with van der Waals surface area (Å²) in [4.78, 5) is 19.4. The van der Waals surface area contributed by atoms with Crippen LogP contribution in [0.3, 0.4) is 0 Å². The standard InChI is InChI=1S/C35H50F2N8O/c1-22-16-38-17-23(2)30(22)20-42-11-7-27(8-12-42)45-32-9-13-43(24(3)46)21-31(32)35(40-45)44-10-5-6-25-14-28(26-18-39-41(4)19-26)29(34(36)37)15-33(25)44/h14-15,18-19,22-23,27,30-32,34,38H,5-13,16-17,20-21H2,1-4H3. The number of anilines is 1. The number of fused-ring (bicyclic) bond motifs is 2. The number of carbonyl (C=O) groups is 1. The number of rotatable bonds is 5. The van der Waals surface area contributed by atoms with E-state index in [0.717, 1.165) is 94.4 Å². The molecule has 5 aliphatic heterocycles. The van der Waals surface area contributed by atoms with Crippen LogP contribution >= 0.6 is 0 Å². The van der Waals surface area contributed by atoms with Crippen molar-refractivity contribution in [3.05, 3.63) is 35.7 Å². The molecule has 0 radical (unpaired) electrons. The minimum absolute atomic E-state index is 0.0319. The number of carbonyl (C=O) groups excluding carboxylic acids is 1. The lowest BCUT2D eigenvalue weighted by Crippen LogP contribution is -2.55. The van der Waals surface area contributed by atoms with Crippen LogP contribution in [-0.2, 0) is 18.3 Å². The Morgan fingerprint density at radius 3 is 2.50 bits per heavy atom. The summed E-state index contributed by atoms with van der Waals surface area (Å²) in [5, 5.41) is 15.6. The molecule has 4 atom stereocenters. The molecule has 1 aromatic carbocycles. The van der Waals surface area contributed by atoms with E-state index in [1.165, 1.54) is 6.54 Å². The lowest BCUT2D eigenvalue weighted by molar-refractivity contribution is -0.131. The fourth-order valence-corrected chi connectivity index (χ4v) is 8.97. The van der Waals surface area contributed by atoms with E-state index in [4.69, 9.17) is 5.10 Å². The number of halogens is 2. The van der Waals surface area contributed by atoms with Crippen molar-refractivity contribution < 1.29 is 13.6 Å². The number of likely N-dealkylation sites (tertiary alicyclic amines) is 2. The largest absolute Gasteiger partial charge is 0.342 e. The maximum atomic E-state index is 14.6. The van der Waals surface area contributed by atoms with Crippen molar-refractivity contribution in [3.63, 3.8) is 0 Å². The number of hydrogen-bond acceptors (Lipinski definition) is 7. The highest BCUT2D eigenvalue weighted by atomic mass is 19.3. The minimum Gasteiger partial charge on any atom is -0.342 e. The van der Waals surface area contributed by atoms with E-state index in [1.54, 1.807) is 37.1 Å². The van der Waals surface area contributed by atoms with E-state index in [-0.39, 0.29) is 23.4 Å². The van der Waals surface area contributed by atoms with Gasteiger partial charge in [0.2, 0.25) is 5.91 Å². The molecule has 9 nitrogen and oxygen atoms in total. The highest BCUT2D eigenvalue weighted by Gasteiger charge is 2.47. The molecule has 1 aromatic heterocycles. The van der Waals surface area contributed by atoms with Crippen molar-refractivity contribution in [3.8, 4) is 11.1 Å². The Morgan fingerprint density at radius 2 is 1.83 bits per heavy atom. The average molecular weight is 637 g/mol. The topological polar surface area (TPSA) is 72.2 Å². The van der Waals surface area contributed by atoms with Gasteiger partial charge in [0.25, 0.3) is 6.43 Å². The van der Waals surface area contributed by atoms with Gasteiger partial charge in [0.15, 0.2) is 0 Å². The van der Waals surface area contributed by atoms with E-state index < -0.39 is 6.43 Å². The Bertz CT molecular complexity index is 1440. The number of piperidine rings is 3. The van der Waals surface area contributed by atoms with Crippen molar-refractivity contribution in [1.29, 1.82) is 0 Å². The van der Waals surface area contributed by atoms with E-state index in [1.807, 2.05) is 11.0 Å². The first-order valence-electron chi connectivity index (χ1n) is 17.4. The van der Waals surface area contributed by atoms with Gasteiger partial charge in [-0.1, -0.05) is 13.8 Å². The second-order valence-electron chi connectivity index (χ2n) is 14.6. The molecule has 7 rings (SSSR count). The van der Waals surface area contributed by atoms with Gasteiger partial charge < -0.3 is 20.0 Å². The quantitative estimate of drug-likeness (QED) is 0.518. The van der Waals surface area contributed by atoms with Gasteiger partial charge in [0.1, 0.15) is 5.84 Å². The third-order valence-electron chi connectivity index (χ3n) is 11.6. The maximum Gasteiger partial charge on any atom is 0.264 e. The van der Waals surface area contributed by atoms with Crippen LogP contribution in [0.2, 0.25) is 0 Å². The SMILES string of the molecule is CC(=O)N1CCC2C(C1)C(N1CCCc3cc(-c4cnn(C)c4)c(C(F)F)cc31)=NN2C1CCN(CC2C(C)CNCC2C)CC1. The van der Waals surface area contributed by atoms with Crippen LogP contribution in [0.4, 0.5) is 14.5 Å². The van der Waals surface area contributed by atoms with Crippen LogP contribution in [0.15, 0.2) is 29.6 Å². The average Bonchev–Trinajstić information content (AvgIpc) is 3.65. The number of amidine groups is 1. The molecule has 0 saturated carbocycles. The van der Waals surface area contributed by atoms with Crippen molar-refractivity contribution in [2.75, 3.05) is 57.3 Å². The smallest absolute Gasteiger partial charge is 0.264 e. The number of benzene rings is 1. The van der Waals surface area contributed by atoms with E-state index in [2.05, 4.69) is 39.1 Å². The third kappa shape index (κ3) is 5.93. The van der Waals surface area contributed by atoms with Crippen molar-refractivity contribution in [2.45, 2.75) is 71.4 Å². The molecule has 0 spiro atoms. The van der Waals surface area contributed by atoms with Crippen LogP contribution in [0.1, 0.15) is 64.0 Å². The Morgan fingerprint density at radius 1 is 1.07 bits per heavy atom. The van der Waals surface area contributed by atoms with Gasteiger partial charge >= 0.3 is 0 Å². The molecule has 0 bridgehead atoms. The third-order valence-corrected chi connectivity index (χ3v) is 11.6. The molecule has 3 saturated heterocycles. The number of hydrazone groups is 1. The number of nitrogens with one attached hydrogen (secondary N) is 1. The van der Waals surface area contributed by atoms with E-state index in [0.29, 0.717) is 35.5 Å². The van der Waals surface area contributed by atoms with Crippen molar-refractivity contribution in [2.24, 2.45) is 35.8 Å². The van der Waals surface area contributed by atoms with Crippen LogP contribution in [0.25, 0.3) is 11.1 Å². The predicted octanol–water partition coefficient (Wildman–Crippen LogP) is 4.60. The Balaban J connectivity index is 1.16. The predicted molar refractivity (Wildman–Crippen MR) is 177 cm³/mol.